The van der Waals surface area contributed by atoms with E-state index in [9.17, 15) is 0 Å². The fourth-order valence-electron chi connectivity index (χ4n) is 0.658. The Hall–Kier alpha value is -0.770. The van der Waals surface area contributed by atoms with Crippen molar-refractivity contribution in [3.8, 4) is 0 Å². The van der Waals surface area contributed by atoms with Crippen LogP contribution >= 0.6 is 0 Å². The molecule has 1 heterocycles. The topological polar surface area (TPSA) is 45.1 Å². The van der Waals surface area contributed by atoms with Crippen LogP contribution in [0.4, 0.5) is 0 Å². The lowest BCUT2D eigenvalue weighted by Gasteiger charge is -2.12. The maximum Gasteiger partial charge on any atom is 0.195 e. The summed E-state index contributed by atoms with van der Waals surface area (Å²) >= 11 is 0. The molecule has 4 heteroatoms. The molecule has 0 aromatic rings. The number of hydrazone groups is 1. The molecule has 0 fully saturated rings. The van der Waals surface area contributed by atoms with E-state index in [4.69, 9.17) is 9.84 Å². The third-order valence-electron chi connectivity index (χ3n) is 0.984. The Balaban J connectivity index is 2.20. The van der Waals surface area contributed by atoms with Crippen LogP contribution in [-0.4, -0.2) is 35.9 Å². The monoisotopic (exact) mass is 130 g/mol. The summed E-state index contributed by atoms with van der Waals surface area (Å²) in [5.41, 5.74) is 0. The normalized spacial score (nSPS) is 20.0. The molecular formula is C5H10N2O2. The van der Waals surface area contributed by atoms with Gasteiger partial charge in [-0.15, -0.1) is 5.10 Å². The summed E-state index contributed by atoms with van der Waals surface area (Å²) in [5.74, 6) is 0. The van der Waals surface area contributed by atoms with Gasteiger partial charge in [0.2, 0.25) is 0 Å². The molecule has 0 bridgehead atoms. The van der Waals surface area contributed by atoms with Gasteiger partial charge in [-0.3, -0.25) is 5.01 Å². The number of aliphatic hydroxyl groups is 1. The van der Waals surface area contributed by atoms with Crippen molar-refractivity contribution in [1.29, 1.82) is 0 Å². The number of rotatable bonds is 2. The molecule has 0 saturated heterocycles. The van der Waals surface area contributed by atoms with Crippen LogP contribution in [0.25, 0.3) is 0 Å². The van der Waals surface area contributed by atoms with Crippen molar-refractivity contribution in [2.75, 3.05) is 13.3 Å². The minimum absolute atomic E-state index is 0.344. The Morgan fingerprint density at radius 2 is 2.78 bits per heavy atom. The van der Waals surface area contributed by atoms with Crippen LogP contribution in [0.3, 0.4) is 0 Å². The molecule has 0 spiro atoms. The van der Waals surface area contributed by atoms with Gasteiger partial charge in [-0.05, 0) is 6.92 Å². The second-order valence-electron chi connectivity index (χ2n) is 2.05. The molecular weight excluding hydrogens is 120 g/mol. The van der Waals surface area contributed by atoms with Gasteiger partial charge in [0.25, 0.3) is 0 Å². The van der Waals surface area contributed by atoms with Crippen molar-refractivity contribution >= 4 is 6.40 Å². The average molecular weight is 130 g/mol. The number of nitrogens with zero attached hydrogens (tertiary/aromatic N) is 2. The highest BCUT2D eigenvalue weighted by Crippen LogP contribution is 1.97. The summed E-state index contributed by atoms with van der Waals surface area (Å²) < 4.78 is 4.78. The van der Waals surface area contributed by atoms with Crippen molar-refractivity contribution < 1.29 is 9.84 Å². The van der Waals surface area contributed by atoms with E-state index in [1.54, 1.807) is 11.9 Å². The second-order valence-corrected chi connectivity index (χ2v) is 2.05. The fraction of sp³-hybridized carbons (Fsp3) is 0.800. The Bertz CT molecular complexity index is 114. The zero-order valence-corrected chi connectivity index (χ0v) is 5.32. The maximum atomic E-state index is 8.84. The molecule has 1 N–H and O–H groups in total. The van der Waals surface area contributed by atoms with Gasteiger partial charge in [0.05, 0.1) is 12.6 Å². The van der Waals surface area contributed by atoms with Crippen LogP contribution in [0.15, 0.2) is 5.10 Å². The molecule has 1 rings (SSSR count). The van der Waals surface area contributed by atoms with Crippen molar-refractivity contribution in [3.05, 3.63) is 0 Å². The second kappa shape index (κ2) is 2.68. The first kappa shape index (κ1) is 6.35. The minimum Gasteiger partial charge on any atom is -0.460 e. The number of hydrogen-bond acceptors (Lipinski definition) is 4. The van der Waals surface area contributed by atoms with Gasteiger partial charge in [0, 0.05) is 0 Å². The van der Waals surface area contributed by atoms with Crippen molar-refractivity contribution in [2.45, 2.75) is 13.0 Å². The number of aliphatic hydroxyl groups excluding tert-OH is 1. The molecule has 0 aliphatic carbocycles. The molecule has 52 valence electrons. The van der Waals surface area contributed by atoms with Crippen molar-refractivity contribution in [3.63, 3.8) is 0 Å². The molecule has 1 aliphatic heterocycles. The van der Waals surface area contributed by atoms with Crippen molar-refractivity contribution in [2.24, 2.45) is 5.10 Å². The van der Waals surface area contributed by atoms with E-state index < -0.39 is 0 Å². The molecule has 1 unspecified atom stereocenters. The van der Waals surface area contributed by atoms with Gasteiger partial charge in [0.15, 0.2) is 13.1 Å². The SMILES string of the molecule is CC(O)CN1COC=N1. The minimum atomic E-state index is -0.344. The highest BCUT2D eigenvalue weighted by Gasteiger charge is 2.07. The standard InChI is InChI=1S/C5H10N2O2/c1-5(8)2-7-4-9-3-6-7/h3,5,8H,2,4H2,1H3. The Labute approximate surface area is 53.7 Å². The summed E-state index contributed by atoms with van der Waals surface area (Å²) in [6.07, 6.45) is 1.03. The lowest BCUT2D eigenvalue weighted by Crippen LogP contribution is -2.24. The predicted molar refractivity (Wildman–Crippen MR) is 32.8 cm³/mol. The van der Waals surface area contributed by atoms with E-state index in [1.807, 2.05) is 0 Å². The van der Waals surface area contributed by atoms with Gasteiger partial charge in [-0.2, -0.15) is 0 Å². The molecule has 9 heavy (non-hydrogen) atoms. The third-order valence-corrected chi connectivity index (χ3v) is 0.984. The molecule has 0 saturated carbocycles. The Morgan fingerprint density at radius 3 is 3.22 bits per heavy atom. The zero-order chi connectivity index (χ0) is 6.69. The molecule has 0 aromatic carbocycles. The zero-order valence-electron chi connectivity index (χ0n) is 5.32. The molecule has 0 aromatic heterocycles. The largest absolute Gasteiger partial charge is 0.460 e. The van der Waals surface area contributed by atoms with E-state index in [2.05, 4.69) is 5.10 Å². The first-order valence-corrected chi connectivity index (χ1v) is 2.86. The van der Waals surface area contributed by atoms with E-state index in [0.29, 0.717) is 13.3 Å². The van der Waals surface area contributed by atoms with Crippen LogP contribution in [-0.2, 0) is 4.74 Å². The van der Waals surface area contributed by atoms with Crippen LogP contribution < -0.4 is 0 Å². The molecule has 1 atom stereocenters. The van der Waals surface area contributed by atoms with Crippen molar-refractivity contribution in [1.82, 2.24) is 5.01 Å². The molecule has 4 nitrogen and oxygen atoms in total. The highest BCUT2D eigenvalue weighted by molar-refractivity contribution is 5.47. The predicted octanol–water partition coefficient (Wildman–Crippen LogP) is -0.400. The number of ether oxygens (including phenoxy) is 1. The molecule has 1 aliphatic rings. The van der Waals surface area contributed by atoms with Gasteiger partial charge < -0.3 is 9.84 Å². The average Bonchev–Trinajstić information content (AvgIpc) is 2.15. The quantitative estimate of drug-likeness (QED) is 0.553. The van der Waals surface area contributed by atoms with Crippen LogP contribution in [0, 0.1) is 0 Å². The van der Waals surface area contributed by atoms with Gasteiger partial charge >= 0.3 is 0 Å². The van der Waals surface area contributed by atoms with Gasteiger partial charge in [0.1, 0.15) is 0 Å². The Morgan fingerprint density at radius 1 is 2.00 bits per heavy atom. The lowest BCUT2D eigenvalue weighted by molar-refractivity contribution is 0.0961. The maximum absolute atomic E-state index is 8.84. The van der Waals surface area contributed by atoms with Crippen LogP contribution in [0.1, 0.15) is 6.92 Å². The number of hydrogen-bond donors (Lipinski definition) is 1. The first-order chi connectivity index (χ1) is 4.29. The smallest absolute Gasteiger partial charge is 0.195 e. The summed E-state index contributed by atoms with van der Waals surface area (Å²) in [6, 6.07) is 0. The van der Waals surface area contributed by atoms with Crippen LogP contribution in [0.5, 0.6) is 0 Å². The molecule has 0 radical (unpaired) electrons. The summed E-state index contributed by atoms with van der Waals surface area (Å²) in [4.78, 5) is 0. The van der Waals surface area contributed by atoms with Gasteiger partial charge in [-0.25, -0.2) is 0 Å². The number of β-amino-alcohol motifs (C(OH)–C–C–N with tert-alkyl or cyclic N) is 1. The first-order valence-electron chi connectivity index (χ1n) is 2.86. The summed E-state index contributed by atoms with van der Waals surface area (Å²) in [7, 11) is 0. The molecule has 0 amide bonds. The van der Waals surface area contributed by atoms with E-state index >= 15 is 0 Å². The highest BCUT2D eigenvalue weighted by atomic mass is 16.5. The fourth-order valence-corrected chi connectivity index (χ4v) is 0.658. The van der Waals surface area contributed by atoms with E-state index in [0.717, 1.165) is 0 Å². The summed E-state index contributed by atoms with van der Waals surface area (Å²) in [5, 5.41) is 14.3. The Kier molecular flexibility index (Phi) is 1.89. The third kappa shape index (κ3) is 1.89. The van der Waals surface area contributed by atoms with Gasteiger partial charge in [-0.1, -0.05) is 0 Å². The van der Waals surface area contributed by atoms with E-state index in [-0.39, 0.29) is 6.10 Å². The van der Waals surface area contributed by atoms with Crippen LogP contribution in [0.2, 0.25) is 0 Å². The van der Waals surface area contributed by atoms with E-state index in [1.165, 1.54) is 6.40 Å². The lowest BCUT2D eigenvalue weighted by atomic mass is 10.4. The summed E-state index contributed by atoms with van der Waals surface area (Å²) in [6.45, 7) is 2.72.